The predicted molar refractivity (Wildman–Crippen MR) is 75.2 cm³/mol. The number of alkyl halides is 3. The van der Waals surface area contributed by atoms with Crippen molar-refractivity contribution in [2.45, 2.75) is 31.7 Å². The highest BCUT2D eigenvalue weighted by Crippen LogP contribution is 2.32. The van der Waals surface area contributed by atoms with Crippen molar-refractivity contribution in [3.05, 3.63) is 29.3 Å². The number of anilines is 1. The summed E-state index contributed by atoms with van der Waals surface area (Å²) in [4.78, 5) is 12.8. The minimum atomic E-state index is -4.50. The number of likely N-dealkylation sites (tertiary alicyclic amines) is 1. The Morgan fingerprint density at radius 1 is 1.32 bits per heavy atom. The molecule has 0 unspecified atom stereocenters. The topological polar surface area (TPSA) is 78.6 Å². The molecule has 5 nitrogen and oxygen atoms in total. The van der Waals surface area contributed by atoms with E-state index in [9.17, 15) is 23.1 Å². The first-order valence-electron chi connectivity index (χ1n) is 6.92. The standard InChI is InChI=1S/C14H18F3N3O2/c15-14(16,17)10-5-9(6-11(7-10)19-13(18)22)8-20-3-1-12(21)2-4-20/h5-7,12,21H,1-4,8H2,(H3,18,19,22). The summed E-state index contributed by atoms with van der Waals surface area (Å²) < 4.78 is 38.8. The largest absolute Gasteiger partial charge is 0.416 e. The van der Waals surface area contributed by atoms with Crippen LogP contribution in [0.25, 0.3) is 0 Å². The molecular weight excluding hydrogens is 299 g/mol. The van der Waals surface area contributed by atoms with Crippen LogP contribution in [-0.4, -0.2) is 35.2 Å². The molecule has 1 fully saturated rings. The third kappa shape index (κ3) is 4.60. The molecule has 2 rings (SSSR count). The molecule has 0 aliphatic carbocycles. The van der Waals surface area contributed by atoms with Gasteiger partial charge in [0.1, 0.15) is 0 Å². The number of nitrogens with two attached hydrogens (primary N) is 1. The van der Waals surface area contributed by atoms with Crippen LogP contribution in [0.1, 0.15) is 24.0 Å². The molecule has 2 amide bonds. The van der Waals surface area contributed by atoms with Gasteiger partial charge in [0.2, 0.25) is 0 Å². The zero-order valence-electron chi connectivity index (χ0n) is 11.9. The molecule has 122 valence electrons. The van der Waals surface area contributed by atoms with Gasteiger partial charge in [0.15, 0.2) is 0 Å². The van der Waals surface area contributed by atoms with E-state index >= 15 is 0 Å². The number of rotatable bonds is 3. The van der Waals surface area contributed by atoms with Crippen LogP contribution >= 0.6 is 0 Å². The average Bonchev–Trinajstić information content (AvgIpc) is 2.39. The molecule has 1 aromatic carbocycles. The Bertz CT molecular complexity index is 541. The maximum atomic E-state index is 12.9. The second-order valence-corrected chi connectivity index (χ2v) is 5.41. The number of aliphatic hydroxyl groups is 1. The van der Waals surface area contributed by atoms with Crippen molar-refractivity contribution in [2.75, 3.05) is 18.4 Å². The third-order valence-electron chi connectivity index (χ3n) is 3.55. The predicted octanol–water partition coefficient (Wildman–Crippen LogP) is 2.15. The molecule has 1 aromatic rings. The molecule has 1 aliphatic heterocycles. The highest BCUT2D eigenvalue weighted by molar-refractivity contribution is 5.88. The van der Waals surface area contributed by atoms with Crippen LogP contribution in [0.4, 0.5) is 23.7 Å². The molecule has 0 spiro atoms. The van der Waals surface area contributed by atoms with Gasteiger partial charge in [-0.15, -0.1) is 0 Å². The number of urea groups is 1. The first kappa shape index (κ1) is 16.6. The van der Waals surface area contributed by atoms with E-state index in [2.05, 4.69) is 5.32 Å². The van der Waals surface area contributed by atoms with E-state index in [1.807, 2.05) is 4.90 Å². The Morgan fingerprint density at radius 3 is 2.50 bits per heavy atom. The lowest BCUT2D eigenvalue weighted by Gasteiger charge is -2.29. The Labute approximate surface area is 125 Å². The van der Waals surface area contributed by atoms with Crippen LogP contribution in [0.15, 0.2) is 18.2 Å². The summed E-state index contributed by atoms with van der Waals surface area (Å²) in [5.41, 5.74) is 4.60. The summed E-state index contributed by atoms with van der Waals surface area (Å²) in [7, 11) is 0. The first-order chi connectivity index (χ1) is 10.2. The third-order valence-corrected chi connectivity index (χ3v) is 3.55. The van der Waals surface area contributed by atoms with Crippen molar-refractivity contribution < 1.29 is 23.1 Å². The first-order valence-corrected chi connectivity index (χ1v) is 6.92. The van der Waals surface area contributed by atoms with Gasteiger partial charge in [0.25, 0.3) is 0 Å². The minimum absolute atomic E-state index is 0.0226. The fraction of sp³-hybridized carbons (Fsp3) is 0.500. The van der Waals surface area contributed by atoms with Gasteiger partial charge in [-0.25, -0.2) is 4.79 Å². The molecule has 1 saturated heterocycles. The van der Waals surface area contributed by atoms with Gasteiger partial charge in [0, 0.05) is 25.3 Å². The van der Waals surface area contributed by atoms with Crippen molar-refractivity contribution in [1.29, 1.82) is 0 Å². The molecule has 8 heteroatoms. The van der Waals surface area contributed by atoms with E-state index < -0.39 is 17.8 Å². The zero-order chi connectivity index (χ0) is 16.3. The lowest BCUT2D eigenvalue weighted by atomic mass is 10.0. The Morgan fingerprint density at radius 2 is 1.95 bits per heavy atom. The van der Waals surface area contributed by atoms with Crippen LogP contribution in [0.2, 0.25) is 0 Å². The molecule has 0 atom stereocenters. The maximum absolute atomic E-state index is 12.9. The van der Waals surface area contributed by atoms with Gasteiger partial charge in [0.05, 0.1) is 11.7 Å². The van der Waals surface area contributed by atoms with E-state index in [1.165, 1.54) is 6.07 Å². The zero-order valence-corrected chi connectivity index (χ0v) is 11.9. The monoisotopic (exact) mass is 317 g/mol. The number of benzene rings is 1. The van der Waals surface area contributed by atoms with Crippen LogP contribution in [0.3, 0.4) is 0 Å². The molecule has 0 aromatic heterocycles. The molecule has 0 bridgehead atoms. The van der Waals surface area contributed by atoms with Gasteiger partial charge >= 0.3 is 12.2 Å². The summed E-state index contributed by atoms with van der Waals surface area (Å²) in [6.07, 6.45) is -3.64. The van der Waals surface area contributed by atoms with Crippen molar-refractivity contribution in [2.24, 2.45) is 5.73 Å². The van der Waals surface area contributed by atoms with Crippen LogP contribution in [0.5, 0.6) is 0 Å². The van der Waals surface area contributed by atoms with E-state index in [0.717, 1.165) is 12.1 Å². The number of piperidine rings is 1. The summed E-state index contributed by atoms with van der Waals surface area (Å²) >= 11 is 0. The summed E-state index contributed by atoms with van der Waals surface area (Å²) in [5.74, 6) is 0. The molecule has 4 N–H and O–H groups in total. The van der Waals surface area contributed by atoms with Crippen molar-refractivity contribution >= 4 is 11.7 Å². The molecule has 1 aliphatic rings. The molecular formula is C14H18F3N3O2. The minimum Gasteiger partial charge on any atom is -0.393 e. The molecule has 0 radical (unpaired) electrons. The van der Waals surface area contributed by atoms with Crippen LogP contribution in [0, 0.1) is 0 Å². The SMILES string of the molecule is NC(=O)Nc1cc(CN2CCC(O)CC2)cc(C(F)(F)F)c1. The Hall–Kier alpha value is -1.80. The lowest BCUT2D eigenvalue weighted by Crippen LogP contribution is -2.35. The number of halogens is 3. The van der Waals surface area contributed by atoms with E-state index in [0.29, 0.717) is 38.0 Å². The number of amides is 2. The van der Waals surface area contributed by atoms with E-state index in [1.54, 1.807) is 0 Å². The quantitative estimate of drug-likeness (QED) is 0.799. The number of hydrogen-bond donors (Lipinski definition) is 3. The summed E-state index contributed by atoms with van der Waals surface area (Å²) in [6.45, 7) is 1.57. The Balaban J connectivity index is 2.20. The van der Waals surface area contributed by atoms with Gasteiger partial charge in [-0.2, -0.15) is 13.2 Å². The number of primary amides is 1. The summed E-state index contributed by atoms with van der Waals surface area (Å²) in [5, 5.41) is 11.6. The normalized spacial score (nSPS) is 17.5. The Kier molecular flexibility index (Phi) is 4.92. The van der Waals surface area contributed by atoms with E-state index in [4.69, 9.17) is 5.73 Å². The van der Waals surface area contributed by atoms with Crippen molar-refractivity contribution in [1.82, 2.24) is 4.90 Å². The number of aliphatic hydroxyl groups excluding tert-OH is 1. The molecule has 0 saturated carbocycles. The average molecular weight is 317 g/mol. The number of nitrogens with zero attached hydrogens (tertiary/aromatic N) is 1. The van der Waals surface area contributed by atoms with Crippen LogP contribution < -0.4 is 11.1 Å². The fourth-order valence-corrected chi connectivity index (χ4v) is 2.50. The number of hydrogen-bond acceptors (Lipinski definition) is 3. The smallest absolute Gasteiger partial charge is 0.393 e. The van der Waals surface area contributed by atoms with Gasteiger partial charge in [-0.1, -0.05) is 0 Å². The fourth-order valence-electron chi connectivity index (χ4n) is 2.50. The second kappa shape index (κ2) is 6.53. The molecule has 1 heterocycles. The highest BCUT2D eigenvalue weighted by Gasteiger charge is 2.31. The van der Waals surface area contributed by atoms with Crippen molar-refractivity contribution in [3.8, 4) is 0 Å². The number of carbonyl (C=O) groups is 1. The van der Waals surface area contributed by atoms with Crippen LogP contribution in [-0.2, 0) is 12.7 Å². The summed E-state index contributed by atoms with van der Waals surface area (Å²) in [6, 6.07) is 2.49. The maximum Gasteiger partial charge on any atom is 0.416 e. The lowest BCUT2D eigenvalue weighted by molar-refractivity contribution is -0.137. The second-order valence-electron chi connectivity index (χ2n) is 5.41. The van der Waals surface area contributed by atoms with Gasteiger partial charge in [-0.05, 0) is 36.6 Å². The van der Waals surface area contributed by atoms with Crippen molar-refractivity contribution in [3.63, 3.8) is 0 Å². The van der Waals surface area contributed by atoms with E-state index in [-0.39, 0.29) is 11.8 Å². The number of carbonyl (C=O) groups excluding carboxylic acids is 1. The van der Waals surface area contributed by atoms with Gasteiger partial charge in [-0.3, -0.25) is 4.90 Å². The highest BCUT2D eigenvalue weighted by atomic mass is 19.4. The number of nitrogens with one attached hydrogen (secondary N) is 1. The van der Waals surface area contributed by atoms with Gasteiger partial charge < -0.3 is 16.2 Å². The molecule has 22 heavy (non-hydrogen) atoms.